The maximum atomic E-state index is 13.3. The number of rotatable bonds is 7. The van der Waals surface area contributed by atoms with Crippen molar-refractivity contribution in [2.45, 2.75) is 57.0 Å². The van der Waals surface area contributed by atoms with Crippen LogP contribution in [-0.2, 0) is 4.79 Å². The molecular weight excluding hydrogens is 348 g/mol. The van der Waals surface area contributed by atoms with Crippen molar-refractivity contribution in [1.29, 1.82) is 0 Å². The summed E-state index contributed by atoms with van der Waals surface area (Å²) < 4.78 is 0. The highest BCUT2D eigenvalue weighted by Crippen LogP contribution is 2.30. The van der Waals surface area contributed by atoms with E-state index in [9.17, 15) is 9.59 Å². The first kappa shape index (κ1) is 20.3. The zero-order valence-electron chi connectivity index (χ0n) is 16.6. The molecule has 0 radical (unpaired) electrons. The minimum absolute atomic E-state index is 0.0768. The number of carbonyl (C=O) groups excluding carboxylic acids is 2. The number of aldehydes is 1. The highest BCUT2D eigenvalue weighted by molar-refractivity contribution is 5.87. The molecule has 0 spiro atoms. The van der Waals surface area contributed by atoms with Gasteiger partial charge in [-0.3, -0.25) is 14.9 Å². The minimum Gasteiger partial charge on any atom is -0.348 e. The van der Waals surface area contributed by atoms with E-state index >= 15 is 0 Å². The van der Waals surface area contributed by atoms with E-state index in [0.717, 1.165) is 44.0 Å². The second kappa shape index (κ2) is 9.65. The molecule has 0 heterocycles. The number of amides is 1. The summed E-state index contributed by atoms with van der Waals surface area (Å²) in [7, 11) is 0. The molecule has 2 N–H and O–H groups in total. The van der Waals surface area contributed by atoms with E-state index in [-0.39, 0.29) is 11.9 Å². The smallest absolute Gasteiger partial charge is 0.240 e. The molecule has 1 unspecified atom stereocenters. The second-order valence-corrected chi connectivity index (χ2v) is 7.78. The number of allylic oxidation sites excluding steroid dienone is 4. The maximum absolute atomic E-state index is 13.3. The molecule has 0 aromatic heterocycles. The van der Waals surface area contributed by atoms with Crippen LogP contribution in [0.5, 0.6) is 0 Å². The molecule has 1 fully saturated rings. The number of carbonyl (C=O) groups is 2. The molecule has 1 saturated carbocycles. The molecule has 1 aromatic rings. The van der Waals surface area contributed by atoms with Gasteiger partial charge >= 0.3 is 0 Å². The average Bonchev–Trinajstić information content (AvgIpc) is 3.02. The predicted octanol–water partition coefficient (Wildman–Crippen LogP) is 4.41. The molecule has 2 aliphatic carbocycles. The summed E-state index contributed by atoms with van der Waals surface area (Å²) in [5, 5.41) is 6.80. The van der Waals surface area contributed by atoms with E-state index in [1.807, 2.05) is 19.1 Å². The van der Waals surface area contributed by atoms with Crippen molar-refractivity contribution in [3.8, 4) is 0 Å². The quantitative estimate of drug-likeness (QED) is 0.691. The van der Waals surface area contributed by atoms with Crippen LogP contribution in [0.4, 0.5) is 0 Å². The molecule has 1 aromatic carbocycles. The lowest BCUT2D eigenvalue weighted by Crippen LogP contribution is -2.58. The van der Waals surface area contributed by atoms with Gasteiger partial charge in [-0.25, -0.2) is 0 Å². The molecule has 0 aliphatic heterocycles. The fraction of sp³-hybridized carbons (Fsp3) is 0.417. The van der Waals surface area contributed by atoms with E-state index in [2.05, 4.69) is 41.0 Å². The number of benzene rings is 1. The average molecular weight is 379 g/mol. The van der Waals surface area contributed by atoms with Crippen LogP contribution in [0.1, 0.15) is 67.4 Å². The van der Waals surface area contributed by atoms with E-state index in [0.29, 0.717) is 12.1 Å². The Bertz CT molecular complexity index is 768. The van der Waals surface area contributed by atoms with Crippen LogP contribution in [0.2, 0.25) is 0 Å². The van der Waals surface area contributed by atoms with Crippen molar-refractivity contribution in [3.05, 3.63) is 71.3 Å². The molecule has 1 atom stereocenters. The van der Waals surface area contributed by atoms with Crippen molar-refractivity contribution >= 4 is 12.2 Å². The van der Waals surface area contributed by atoms with Crippen molar-refractivity contribution in [2.24, 2.45) is 0 Å². The monoisotopic (exact) mass is 378 g/mol. The summed E-state index contributed by atoms with van der Waals surface area (Å²) in [6, 6.07) is 7.29. The summed E-state index contributed by atoms with van der Waals surface area (Å²) in [5.74, 6) is 0.0768. The molecule has 4 nitrogen and oxygen atoms in total. The molecule has 3 rings (SSSR count). The van der Waals surface area contributed by atoms with Gasteiger partial charge in [0.2, 0.25) is 5.91 Å². The topological polar surface area (TPSA) is 58.2 Å². The fourth-order valence-corrected chi connectivity index (χ4v) is 3.93. The third-order valence-electron chi connectivity index (χ3n) is 5.74. The lowest BCUT2D eigenvalue weighted by Gasteiger charge is -2.38. The van der Waals surface area contributed by atoms with Gasteiger partial charge < -0.3 is 5.32 Å². The van der Waals surface area contributed by atoms with E-state index < -0.39 is 5.54 Å². The van der Waals surface area contributed by atoms with Crippen molar-refractivity contribution in [3.63, 3.8) is 0 Å². The van der Waals surface area contributed by atoms with Crippen LogP contribution in [0.3, 0.4) is 0 Å². The van der Waals surface area contributed by atoms with Gasteiger partial charge in [0, 0.05) is 12.1 Å². The van der Waals surface area contributed by atoms with Crippen molar-refractivity contribution in [2.75, 3.05) is 6.54 Å². The lowest BCUT2D eigenvalue weighted by atomic mass is 9.80. The molecule has 4 heteroatoms. The first-order valence-electron chi connectivity index (χ1n) is 10.3. The molecule has 148 valence electrons. The number of hydrogen-bond acceptors (Lipinski definition) is 3. The van der Waals surface area contributed by atoms with Gasteiger partial charge in [0.25, 0.3) is 0 Å². The Morgan fingerprint density at radius 3 is 2.61 bits per heavy atom. The SMILES string of the molecule is CC(NC(=O)C1(NCC2=CC=CCC=C2)CCCCC1)c1ccc(C=O)cc1. The van der Waals surface area contributed by atoms with Gasteiger partial charge in [0.15, 0.2) is 0 Å². The zero-order valence-corrected chi connectivity index (χ0v) is 16.6. The van der Waals surface area contributed by atoms with Crippen molar-refractivity contribution in [1.82, 2.24) is 10.6 Å². The summed E-state index contributed by atoms with van der Waals surface area (Å²) in [6.07, 6.45) is 17.4. The maximum Gasteiger partial charge on any atom is 0.240 e. The van der Waals surface area contributed by atoms with Crippen LogP contribution in [0.25, 0.3) is 0 Å². The highest BCUT2D eigenvalue weighted by atomic mass is 16.2. The molecule has 28 heavy (non-hydrogen) atoms. The van der Waals surface area contributed by atoms with Crippen LogP contribution >= 0.6 is 0 Å². The van der Waals surface area contributed by atoms with Crippen LogP contribution < -0.4 is 10.6 Å². The van der Waals surface area contributed by atoms with Crippen LogP contribution in [-0.4, -0.2) is 24.3 Å². The lowest BCUT2D eigenvalue weighted by molar-refractivity contribution is -0.129. The molecule has 1 amide bonds. The summed E-state index contributed by atoms with van der Waals surface area (Å²) in [5.41, 5.74) is 2.33. The molecular formula is C24H30N2O2. The third-order valence-corrected chi connectivity index (χ3v) is 5.74. The van der Waals surface area contributed by atoms with Crippen LogP contribution in [0, 0.1) is 0 Å². The van der Waals surface area contributed by atoms with Gasteiger partial charge in [-0.05, 0) is 37.3 Å². The van der Waals surface area contributed by atoms with Gasteiger partial charge in [0.05, 0.1) is 11.6 Å². The Kier molecular flexibility index (Phi) is 6.99. The summed E-state index contributed by atoms with van der Waals surface area (Å²) in [4.78, 5) is 24.1. The Labute approximate surface area is 167 Å². The van der Waals surface area contributed by atoms with E-state index in [4.69, 9.17) is 0 Å². The van der Waals surface area contributed by atoms with Crippen LogP contribution in [0.15, 0.2) is 60.2 Å². The normalized spacial score (nSPS) is 19.4. The third kappa shape index (κ3) is 5.08. The summed E-state index contributed by atoms with van der Waals surface area (Å²) in [6.45, 7) is 2.68. The van der Waals surface area contributed by atoms with Crippen molar-refractivity contribution < 1.29 is 9.59 Å². The first-order chi connectivity index (χ1) is 13.6. The Morgan fingerprint density at radius 1 is 1.14 bits per heavy atom. The number of nitrogens with one attached hydrogen (secondary N) is 2. The largest absolute Gasteiger partial charge is 0.348 e. The second-order valence-electron chi connectivity index (χ2n) is 7.78. The Morgan fingerprint density at radius 2 is 1.89 bits per heavy atom. The van der Waals surface area contributed by atoms with Gasteiger partial charge in [-0.1, -0.05) is 73.9 Å². The Hall–Kier alpha value is -2.46. The number of hydrogen-bond donors (Lipinski definition) is 2. The first-order valence-corrected chi connectivity index (χ1v) is 10.3. The predicted molar refractivity (Wildman–Crippen MR) is 113 cm³/mol. The van der Waals surface area contributed by atoms with E-state index in [1.165, 1.54) is 12.0 Å². The fourth-order valence-electron chi connectivity index (χ4n) is 3.93. The highest BCUT2D eigenvalue weighted by Gasteiger charge is 2.39. The van der Waals surface area contributed by atoms with E-state index in [1.54, 1.807) is 12.1 Å². The minimum atomic E-state index is -0.514. The molecule has 2 aliphatic rings. The van der Waals surface area contributed by atoms with Gasteiger partial charge in [0.1, 0.15) is 6.29 Å². The zero-order chi connectivity index (χ0) is 19.8. The van der Waals surface area contributed by atoms with Gasteiger partial charge in [-0.2, -0.15) is 0 Å². The van der Waals surface area contributed by atoms with Gasteiger partial charge in [-0.15, -0.1) is 0 Å². The molecule has 0 saturated heterocycles. The summed E-state index contributed by atoms with van der Waals surface area (Å²) >= 11 is 0. The molecule has 0 bridgehead atoms. The standard InChI is InChI=1S/C24H30N2O2/c1-19(22-13-11-21(18-27)12-14-22)26-23(28)24(15-7-4-8-16-24)25-17-20-9-5-2-3-6-10-20/h2,5-6,9-14,18-19,25H,3-4,7-8,15-17H2,1H3,(H,26,28). The Balaban J connectivity index is 1.68.